The Labute approximate surface area is 485 Å². The van der Waals surface area contributed by atoms with Gasteiger partial charge in [0, 0.05) is 45.0 Å². The maximum Gasteiger partial charge on any atom is 0.329 e. The van der Waals surface area contributed by atoms with Crippen LogP contribution < -0.4 is 10.6 Å². The van der Waals surface area contributed by atoms with Gasteiger partial charge in [0.15, 0.2) is 0 Å². The van der Waals surface area contributed by atoms with Gasteiger partial charge in [-0.2, -0.15) is 0 Å². The quantitative estimate of drug-likeness (QED) is 0.0250. The first kappa shape index (κ1) is 76.3. The molecular weight excluding hydrogens is 1060 g/mol. The van der Waals surface area contributed by atoms with Crippen molar-refractivity contribution in [2.45, 2.75) is 213 Å². The lowest BCUT2D eigenvalue weighted by Gasteiger charge is -2.19. The van der Waals surface area contributed by atoms with Crippen molar-refractivity contribution in [2.75, 3.05) is 118 Å². The molecule has 2 amide bonds. The lowest BCUT2D eigenvalue weighted by Crippen LogP contribution is -2.44. The molecule has 0 aliphatic rings. The molecule has 464 valence electrons. The van der Waals surface area contributed by atoms with Gasteiger partial charge in [0.1, 0.15) is 25.3 Å². The summed E-state index contributed by atoms with van der Waals surface area (Å²) >= 11 is 0. The molecule has 0 aromatic carbocycles. The van der Waals surface area contributed by atoms with Crippen molar-refractivity contribution >= 4 is 57.3 Å². The van der Waals surface area contributed by atoms with Gasteiger partial charge in [0.25, 0.3) is 0 Å². The van der Waals surface area contributed by atoms with Crippen molar-refractivity contribution in [1.29, 1.82) is 0 Å². The maximum atomic E-state index is 13.4. The molecular formula is C59H110N2O16S2. The molecule has 18 nitrogen and oxygen atoms in total. The highest BCUT2D eigenvalue weighted by Crippen LogP contribution is 2.25. The van der Waals surface area contributed by atoms with Gasteiger partial charge in [-0.15, -0.1) is 0 Å². The van der Waals surface area contributed by atoms with Crippen LogP contribution in [0.5, 0.6) is 0 Å². The zero-order chi connectivity index (χ0) is 58.1. The predicted octanol–water partition coefficient (Wildman–Crippen LogP) is 10.7. The minimum atomic E-state index is -1.09. The van der Waals surface area contributed by atoms with E-state index in [2.05, 4.69) is 38.3 Å². The van der Waals surface area contributed by atoms with E-state index in [1.54, 1.807) is 14.2 Å². The summed E-state index contributed by atoms with van der Waals surface area (Å²) in [5.41, 5.74) is 0. The summed E-state index contributed by atoms with van der Waals surface area (Å²) in [4.78, 5) is 78.4. The number of nitrogens with one attached hydrogen (secondary N) is 2. The number of rotatable bonds is 60. The summed E-state index contributed by atoms with van der Waals surface area (Å²) in [6.07, 6.45) is 24.8. The fourth-order valence-corrected chi connectivity index (χ4v) is 10.7. The van der Waals surface area contributed by atoms with E-state index < -0.39 is 35.9 Å². The second-order valence-corrected chi connectivity index (χ2v) is 22.6. The number of amides is 2. The van der Waals surface area contributed by atoms with Crippen LogP contribution in [0.2, 0.25) is 0 Å². The monoisotopic (exact) mass is 1170 g/mol. The van der Waals surface area contributed by atoms with Crippen LogP contribution in [0.1, 0.15) is 201 Å². The van der Waals surface area contributed by atoms with Crippen LogP contribution in [-0.4, -0.2) is 166 Å². The molecule has 0 bridgehead atoms. The van der Waals surface area contributed by atoms with Gasteiger partial charge >= 0.3 is 23.9 Å². The third kappa shape index (κ3) is 50.7. The Bertz CT molecular complexity index is 1450. The second-order valence-electron chi connectivity index (χ2n) is 20.1. The first-order valence-corrected chi connectivity index (χ1v) is 32.8. The minimum Gasteiger partial charge on any atom is -0.466 e. The Morgan fingerprint density at radius 2 is 0.684 bits per heavy atom. The average molecular weight is 1170 g/mol. The molecule has 0 aromatic heterocycles. The van der Waals surface area contributed by atoms with Crippen LogP contribution in [0.15, 0.2) is 0 Å². The van der Waals surface area contributed by atoms with E-state index >= 15 is 0 Å². The minimum absolute atomic E-state index is 0.0378. The summed E-state index contributed by atoms with van der Waals surface area (Å²) in [5.74, 6) is -1.51. The van der Waals surface area contributed by atoms with Crippen LogP contribution in [0.3, 0.4) is 0 Å². The number of carbonyl (C=O) groups is 6. The lowest BCUT2D eigenvalue weighted by molar-refractivity contribution is -0.149. The number of esters is 4. The van der Waals surface area contributed by atoms with Gasteiger partial charge in [0.05, 0.1) is 85.7 Å². The zero-order valence-electron chi connectivity index (χ0n) is 50.1. The fraction of sp³-hybridized carbons (Fsp3) is 0.898. The Balaban J connectivity index is 5.40. The fourth-order valence-electron chi connectivity index (χ4n) is 8.36. The molecule has 0 heterocycles. The first-order valence-electron chi connectivity index (χ1n) is 30.3. The molecule has 0 aromatic rings. The first-order chi connectivity index (χ1) is 38.5. The van der Waals surface area contributed by atoms with Crippen LogP contribution in [0, 0.1) is 11.8 Å². The third-order valence-corrected chi connectivity index (χ3v) is 15.5. The number of unbranched alkanes of at least 4 members (excludes halogenated alkanes) is 12. The third-order valence-electron chi connectivity index (χ3n) is 13.1. The van der Waals surface area contributed by atoms with Crippen LogP contribution >= 0.6 is 21.6 Å². The molecule has 79 heavy (non-hydrogen) atoms. The maximum absolute atomic E-state index is 13.4. The van der Waals surface area contributed by atoms with Crippen molar-refractivity contribution in [3.8, 4) is 0 Å². The second kappa shape index (κ2) is 58.5. The standard InChI is InChI=1S/C59H110N2O16S2/c1-7-11-18-24-50(25-19-12-8-2)32-34-74-56(64)29-23-17-15-16-22-28-54(62)60-52(58(66)76-46-44-72-42-40-70-38-36-68-5)48-78-79-49-53(59(67)77-47-45-73-43-41-71-39-37-69-6)61-55(63)30-31-57(65)75-35-33-51(26-20-13-9-3)27-21-14-10-4/h50-53H,7-49H2,1-6H3,(H,60,62)(H,61,63)/t52-,53-/m0/s1. The summed E-state index contributed by atoms with van der Waals surface area (Å²) in [6.45, 7) is 12.8. The predicted molar refractivity (Wildman–Crippen MR) is 314 cm³/mol. The van der Waals surface area contributed by atoms with E-state index in [1.807, 2.05) is 0 Å². The lowest BCUT2D eigenvalue weighted by atomic mass is 9.92. The molecule has 20 heteroatoms. The summed E-state index contributed by atoms with van der Waals surface area (Å²) in [6, 6.07) is -2.11. The van der Waals surface area contributed by atoms with E-state index in [4.69, 9.17) is 47.4 Å². The van der Waals surface area contributed by atoms with Crippen molar-refractivity contribution in [3.05, 3.63) is 0 Å². The molecule has 0 radical (unpaired) electrons. The Hall–Kier alpha value is -2.72. The molecule has 0 rings (SSSR count). The number of hydrogen-bond acceptors (Lipinski definition) is 18. The van der Waals surface area contributed by atoms with Gasteiger partial charge in [0.2, 0.25) is 11.8 Å². The van der Waals surface area contributed by atoms with Crippen molar-refractivity contribution in [1.82, 2.24) is 10.6 Å². The van der Waals surface area contributed by atoms with Crippen molar-refractivity contribution < 1.29 is 76.1 Å². The summed E-state index contributed by atoms with van der Waals surface area (Å²) < 4.78 is 53.9. The molecule has 0 spiro atoms. The van der Waals surface area contributed by atoms with Crippen LogP contribution in [-0.2, 0) is 76.1 Å². The molecule has 0 aliphatic heterocycles. The highest BCUT2D eigenvalue weighted by Gasteiger charge is 2.26. The molecule has 0 aliphatic carbocycles. The Morgan fingerprint density at radius 1 is 0.342 bits per heavy atom. The van der Waals surface area contributed by atoms with E-state index in [-0.39, 0.29) is 69.1 Å². The van der Waals surface area contributed by atoms with Gasteiger partial charge in [-0.1, -0.05) is 171 Å². The number of methoxy groups -OCH3 is 2. The highest BCUT2D eigenvalue weighted by atomic mass is 33.1. The number of carbonyl (C=O) groups excluding carboxylic acids is 6. The number of hydrogen-bond donors (Lipinski definition) is 2. The average Bonchev–Trinajstić information content (AvgIpc) is 3.43. The molecule has 0 saturated carbocycles. The van der Waals surface area contributed by atoms with E-state index in [0.29, 0.717) is 90.7 Å². The topological polar surface area (TPSA) is 219 Å². The van der Waals surface area contributed by atoms with E-state index in [1.165, 1.54) is 85.8 Å². The van der Waals surface area contributed by atoms with Crippen LogP contribution in [0.4, 0.5) is 0 Å². The van der Waals surface area contributed by atoms with Crippen molar-refractivity contribution in [2.24, 2.45) is 11.8 Å². The highest BCUT2D eigenvalue weighted by molar-refractivity contribution is 8.76. The van der Waals surface area contributed by atoms with Gasteiger partial charge in [-0.3, -0.25) is 19.2 Å². The summed E-state index contributed by atoms with van der Waals surface area (Å²) in [7, 11) is 5.61. The molecule has 2 atom stereocenters. The Kier molecular flexibility index (Phi) is 56.5. The van der Waals surface area contributed by atoms with E-state index in [0.717, 1.165) is 77.0 Å². The van der Waals surface area contributed by atoms with Crippen LogP contribution in [0.25, 0.3) is 0 Å². The van der Waals surface area contributed by atoms with Gasteiger partial charge in [-0.05, 0) is 37.5 Å². The zero-order valence-corrected chi connectivity index (χ0v) is 51.7. The van der Waals surface area contributed by atoms with Gasteiger partial charge in [-0.25, -0.2) is 9.59 Å². The number of ether oxygens (including phenoxy) is 10. The normalized spacial score (nSPS) is 12.2. The van der Waals surface area contributed by atoms with Gasteiger partial charge < -0.3 is 58.0 Å². The molecule has 0 saturated heterocycles. The summed E-state index contributed by atoms with van der Waals surface area (Å²) in [5, 5.41) is 5.54. The Morgan fingerprint density at radius 3 is 1.08 bits per heavy atom. The van der Waals surface area contributed by atoms with Crippen molar-refractivity contribution in [3.63, 3.8) is 0 Å². The van der Waals surface area contributed by atoms with E-state index in [9.17, 15) is 28.8 Å². The molecule has 2 N–H and O–H groups in total. The largest absolute Gasteiger partial charge is 0.466 e. The molecule has 0 unspecified atom stereocenters. The molecule has 0 fully saturated rings. The SMILES string of the molecule is CCCCCC(CCCCC)CCOC(=O)CCCCCCCC(=O)N[C@@H](CSSC[C@H](NC(=O)CCC(=O)OCCC(CCCCC)CCCCC)C(=O)OCCOCCOCCOC)C(=O)OCCOCCOCCOC. The smallest absolute Gasteiger partial charge is 0.329 e.